The summed E-state index contributed by atoms with van der Waals surface area (Å²) in [4.78, 5) is 11.6. The molecule has 1 aliphatic rings. The lowest BCUT2D eigenvalue weighted by atomic mass is 9.97. The number of hydrogen-bond acceptors (Lipinski definition) is 2. The minimum Gasteiger partial charge on any atom is -0.378 e. The minimum atomic E-state index is 0.107. The summed E-state index contributed by atoms with van der Waals surface area (Å²) in [6.45, 7) is 5.76. The highest BCUT2D eigenvalue weighted by Gasteiger charge is 2.21. The molecular formula is C11H20BrNO2. The number of carbonyl (C=O) groups is 1. The average Bonchev–Trinajstić information content (AvgIpc) is 2.68. The Labute approximate surface area is 100 Å². The molecule has 88 valence electrons. The Morgan fingerprint density at radius 3 is 2.87 bits per heavy atom. The van der Waals surface area contributed by atoms with Crippen LogP contribution in [0.5, 0.6) is 0 Å². The van der Waals surface area contributed by atoms with Gasteiger partial charge in [-0.1, -0.05) is 29.8 Å². The van der Waals surface area contributed by atoms with E-state index in [1.807, 2.05) is 0 Å². The molecule has 1 rings (SSSR count). The number of halogens is 1. The van der Waals surface area contributed by atoms with Crippen LogP contribution in [0.25, 0.3) is 0 Å². The molecule has 0 bridgehead atoms. The second-order valence-corrected chi connectivity index (χ2v) is 5.47. The molecule has 0 aromatic heterocycles. The maximum Gasteiger partial charge on any atom is 0.222 e. The Morgan fingerprint density at radius 2 is 2.33 bits per heavy atom. The van der Waals surface area contributed by atoms with Crippen molar-refractivity contribution in [3.05, 3.63) is 0 Å². The molecule has 1 aliphatic heterocycles. The van der Waals surface area contributed by atoms with E-state index in [0.717, 1.165) is 24.8 Å². The van der Waals surface area contributed by atoms with E-state index in [1.54, 1.807) is 0 Å². The smallest absolute Gasteiger partial charge is 0.222 e. The van der Waals surface area contributed by atoms with Gasteiger partial charge in [-0.3, -0.25) is 4.79 Å². The fourth-order valence-corrected chi connectivity index (χ4v) is 1.67. The molecular weight excluding hydrogens is 258 g/mol. The molecule has 0 radical (unpaired) electrons. The number of hydrogen-bond donors (Lipinski definition) is 1. The summed E-state index contributed by atoms with van der Waals surface area (Å²) in [5.74, 6) is 0.107. The number of rotatable bonds is 5. The summed E-state index contributed by atoms with van der Waals surface area (Å²) in [5.41, 5.74) is 0.117. The van der Waals surface area contributed by atoms with Crippen molar-refractivity contribution in [2.75, 3.05) is 18.5 Å². The van der Waals surface area contributed by atoms with Gasteiger partial charge in [0.05, 0.1) is 12.5 Å². The van der Waals surface area contributed by atoms with Gasteiger partial charge in [-0.05, 0) is 18.3 Å². The van der Waals surface area contributed by atoms with Gasteiger partial charge in [0.15, 0.2) is 0 Å². The normalized spacial score (nSPS) is 21.7. The molecule has 1 atom stereocenters. The van der Waals surface area contributed by atoms with E-state index in [0.29, 0.717) is 13.0 Å². The third-order valence-corrected chi connectivity index (χ3v) is 4.08. The van der Waals surface area contributed by atoms with E-state index in [2.05, 4.69) is 35.1 Å². The molecule has 4 heteroatoms. The standard InChI is InChI=1S/C11H20BrNO2/c1-11(2,7-12)8-13-10(14)6-9-4-3-5-15-9/h9H,3-8H2,1-2H3,(H,13,14). The highest BCUT2D eigenvalue weighted by atomic mass is 79.9. The number of ether oxygens (including phenoxy) is 1. The van der Waals surface area contributed by atoms with E-state index in [1.165, 1.54) is 0 Å². The number of amides is 1. The van der Waals surface area contributed by atoms with Crippen LogP contribution in [0, 0.1) is 5.41 Å². The predicted octanol–water partition coefficient (Wildman–Crippen LogP) is 2.09. The Kier molecular flexibility index (Phi) is 5.06. The highest BCUT2D eigenvalue weighted by Crippen LogP contribution is 2.17. The molecule has 1 N–H and O–H groups in total. The summed E-state index contributed by atoms with van der Waals surface area (Å²) in [7, 11) is 0. The molecule has 1 amide bonds. The van der Waals surface area contributed by atoms with Crippen LogP contribution in [-0.4, -0.2) is 30.5 Å². The maximum absolute atomic E-state index is 11.6. The maximum atomic E-state index is 11.6. The zero-order valence-corrected chi connectivity index (χ0v) is 11.1. The first kappa shape index (κ1) is 13.0. The molecule has 0 aliphatic carbocycles. The lowest BCUT2D eigenvalue weighted by Gasteiger charge is -2.22. The largest absolute Gasteiger partial charge is 0.378 e. The quantitative estimate of drug-likeness (QED) is 0.782. The second kappa shape index (κ2) is 5.85. The van der Waals surface area contributed by atoms with Crippen molar-refractivity contribution in [3.8, 4) is 0 Å². The molecule has 1 saturated heterocycles. The lowest BCUT2D eigenvalue weighted by molar-refractivity contribution is -0.123. The van der Waals surface area contributed by atoms with Gasteiger partial charge >= 0.3 is 0 Å². The topological polar surface area (TPSA) is 38.3 Å². The van der Waals surface area contributed by atoms with Crippen molar-refractivity contribution < 1.29 is 9.53 Å². The number of nitrogens with one attached hydrogen (secondary N) is 1. The Hall–Kier alpha value is -0.0900. The van der Waals surface area contributed by atoms with Crippen molar-refractivity contribution >= 4 is 21.8 Å². The lowest BCUT2D eigenvalue weighted by Crippen LogP contribution is -2.36. The Morgan fingerprint density at radius 1 is 1.60 bits per heavy atom. The van der Waals surface area contributed by atoms with E-state index >= 15 is 0 Å². The van der Waals surface area contributed by atoms with Crippen molar-refractivity contribution in [2.45, 2.75) is 39.2 Å². The first-order valence-electron chi connectivity index (χ1n) is 5.48. The van der Waals surface area contributed by atoms with Gasteiger partial charge in [0.2, 0.25) is 5.91 Å². The van der Waals surface area contributed by atoms with Crippen molar-refractivity contribution in [2.24, 2.45) is 5.41 Å². The van der Waals surface area contributed by atoms with Crippen molar-refractivity contribution in [3.63, 3.8) is 0 Å². The van der Waals surface area contributed by atoms with Gasteiger partial charge in [-0.2, -0.15) is 0 Å². The fraction of sp³-hybridized carbons (Fsp3) is 0.909. The summed E-state index contributed by atoms with van der Waals surface area (Å²) in [6.07, 6.45) is 2.77. The Bertz CT molecular complexity index is 213. The molecule has 3 nitrogen and oxygen atoms in total. The summed E-state index contributed by atoms with van der Waals surface area (Å²) in [5, 5.41) is 3.84. The van der Waals surface area contributed by atoms with Crippen LogP contribution in [0.2, 0.25) is 0 Å². The van der Waals surface area contributed by atoms with Crippen LogP contribution < -0.4 is 5.32 Å². The molecule has 1 fully saturated rings. The fourth-order valence-electron chi connectivity index (χ4n) is 1.47. The number of carbonyl (C=O) groups excluding carboxylic acids is 1. The highest BCUT2D eigenvalue weighted by molar-refractivity contribution is 9.09. The predicted molar refractivity (Wildman–Crippen MR) is 64.2 cm³/mol. The van der Waals surface area contributed by atoms with Crippen LogP contribution in [0.15, 0.2) is 0 Å². The average molecular weight is 278 g/mol. The molecule has 1 heterocycles. The molecule has 0 spiro atoms. The van der Waals surface area contributed by atoms with E-state index < -0.39 is 0 Å². The van der Waals surface area contributed by atoms with Crippen LogP contribution in [0.1, 0.15) is 33.1 Å². The molecule has 0 saturated carbocycles. The van der Waals surface area contributed by atoms with Crippen molar-refractivity contribution in [1.82, 2.24) is 5.32 Å². The monoisotopic (exact) mass is 277 g/mol. The summed E-state index contributed by atoms with van der Waals surface area (Å²) in [6, 6.07) is 0. The van der Waals surface area contributed by atoms with Crippen molar-refractivity contribution in [1.29, 1.82) is 0 Å². The molecule has 1 unspecified atom stereocenters. The second-order valence-electron chi connectivity index (χ2n) is 4.91. The Balaban J connectivity index is 2.18. The molecule has 15 heavy (non-hydrogen) atoms. The molecule has 0 aromatic rings. The number of alkyl halides is 1. The molecule has 0 aromatic carbocycles. The summed E-state index contributed by atoms with van der Waals surface area (Å²) < 4.78 is 5.41. The third-order valence-electron chi connectivity index (χ3n) is 2.56. The van der Waals surface area contributed by atoms with Gasteiger partial charge in [0, 0.05) is 18.5 Å². The van der Waals surface area contributed by atoms with Crippen LogP contribution in [0.4, 0.5) is 0 Å². The summed E-state index contributed by atoms with van der Waals surface area (Å²) >= 11 is 3.43. The van der Waals surface area contributed by atoms with Crippen LogP contribution in [0.3, 0.4) is 0 Å². The van der Waals surface area contributed by atoms with Crippen LogP contribution in [-0.2, 0) is 9.53 Å². The van der Waals surface area contributed by atoms with Gasteiger partial charge < -0.3 is 10.1 Å². The zero-order valence-electron chi connectivity index (χ0n) is 9.51. The zero-order chi connectivity index (χ0) is 11.3. The third kappa shape index (κ3) is 4.98. The van der Waals surface area contributed by atoms with Gasteiger partial charge in [0.25, 0.3) is 0 Å². The first-order chi connectivity index (χ1) is 7.03. The minimum absolute atomic E-state index is 0.107. The van der Waals surface area contributed by atoms with E-state index in [9.17, 15) is 4.79 Å². The SMILES string of the molecule is CC(C)(CBr)CNC(=O)CC1CCCO1. The van der Waals surface area contributed by atoms with Gasteiger partial charge in [-0.25, -0.2) is 0 Å². The first-order valence-corrected chi connectivity index (χ1v) is 6.60. The van der Waals surface area contributed by atoms with Gasteiger partial charge in [0.1, 0.15) is 0 Å². The van der Waals surface area contributed by atoms with E-state index in [4.69, 9.17) is 4.74 Å². The van der Waals surface area contributed by atoms with E-state index in [-0.39, 0.29) is 17.4 Å². The van der Waals surface area contributed by atoms with Crippen LogP contribution >= 0.6 is 15.9 Å². The van der Waals surface area contributed by atoms with Gasteiger partial charge in [-0.15, -0.1) is 0 Å².